The summed E-state index contributed by atoms with van der Waals surface area (Å²) in [6, 6.07) is 0. The number of methoxy groups -OCH3 is 1. The third-order valence-corrected chi connectivity index (χ3v) is 2.59. The Morgan fingerprint density at radius 1 is 1.00 bits per heavy atom. The summed E-state index contributed by atoms with van der Waals surface area (Å²) in [6.07, 6.45) is 4.63. The Morgan fingerprint density at radius 2 is 1.64 bits per heavy atom. The third-order valence-electron chi connectivity index (χ3n) is 1.89. The molecule has 0 spiro atoms. The summed E-state index contributed by atoms with van der Waals surface area (Å²) < 4.78 is 4.93. The van der Waals surface area contributed by atoms with Crippen molar-refractivity contribution in [1.29, 1.82) is 0 Å². The predicted octanol–water partition coefficient (Wildman–Crippen LogP) is 0.955. The van der Waals surface area contributed by atoms with Crippen LogP contribution in [0, 0.1) is 0 Å². The average molecular weight is 220 g/mol. The maximum atomic E-state index is 4.93. The minimum Gasteiger partial charge on any atom is -0.383 e. The van der Waals surface area contributed by atoms with Gasteiger partial charge in [0.2, 0.25) is 0 Å². The highest BCUT2D eigenvalue weighted by Crippen LogP contribution is 1.92. The fraction of sp³-hybridized carbons (Fsp3) is 1.00. The fourth-order valence-electron chi connectivity index (χ4n) is 1.10. The highest BCUT2D eigenvalue weighted by atomic mass is 32.2. The molecule has 0 aliphatic heterocycles. The van der Waals surface area contributed by atoms with Gasteiger partial charge in [-0.1, -0.05) is 0 Å². The molecule has 0 rings (SSSR count). The molecule has 0 aromatic heterocycles. The van der Waals surface area contributed by atoms with Crippen LogP contribution in [0.4, 0.5) is 0 Å². The first-order valence-electron chi connectivity index (χ1n) is 5.31. The van der Waals surface area contributed by atoms with E-state index < -0.39 is 0 Å². The minimum atomic E-state index is 0.807. The third kappa shape index (κ3) is 12.2. The van der Waals surface area contributed by atoms with Crippen molar-refractivity contribution in [3.05, 3.63) is 0 Å². The molecule has 0 atom stereocenters. The summed E-state index contributed by atoms with van der Waals surface area (Å²) in [5.74, 6) is 1.26. The lowest BCUT2D eigenvalue weighted by Gasteiger charge is -2.05. The second-order valence-corrected chi connectivity index (χ2v) is 4.18. The molecular formula is C10H24N2OS. The van der Waals surface area contributed by atoms with E-state index in [1.807, 2.05) is 11.8 Å². The monoisotopic (exact) mass is 220 g/mol. The molecule has 0 aliphatic rings. The average Bonchev–Trinajstić information content (AvgIpc) is 2.21. The van der Waals surface area contributed by atoms with Gasteiger partial charge in [0.25, 0.3) is 0 Å². The van der Waals surface area contributed by atoms with E-state index in [-0.39, 0.29) is 0 Å². The molecule has 0 aliphatic carbocycles. The van der Waals surface area contributed by atoms with Crippen LogP contribution in [-0.2, 0) is 4.74 Å². The molecule has 3 nitrogen and oxygen atoms in total. The van der Waals surface area contributed by atoms with Gasteiger partial charge in [0, 0.05) is 13.7 Å². The van der Waals surface area contributed by atoms with Crippen LogP contribution in [0.15, 0.2) is 0 Å². The second-order valence-electron chi connectivity index (χ2n) is 3.19. The zero-order valence-electron chi connectivity index (χ0n) is 9.47. The van der Waals surface area contributed by atoms with Crippen LogP contribution in [0.2, 0.25) is 0 Å². The first-order valence-corrected chi connectivity index (χ1v) is 6.70. The van der Waals surface area contributed by atoms with Crippen molar-refractivity contribution in [3.8, 4) is 0 Å². The van der Waals surface area contributed by atoms with Crippen LogP contribution in [0.1, 0.15) is 12.8 Å². The van der Waals surface area contributed by atoms with Gasteiger partial charge in [0.15, 0.2) is 0 Å². The summed E-state index contributed by atoms with van der Waals surface area (Å²) in [5.41, 5.74) is 0. The van der Waals surface area contributed by atoms with Crippen molar-refractivity contribution in [2.45, 2.75) is 12.8 Å². The smallest absolute Gasteiger partial charge is 0.0587 e. The van der Waals surface area contributed by atoms with Crippen molar-refractivity contribution >= 4 is 11.8 Å². The molecule has 0 amide bonds. The molecule has 0 unspecified atom stereocenters. The predicted molar refractivity (Wildman–Crippen MR) is 65.2 cm³/mol. The molecule has 86 valence electrons. The van der Waals surface area contributed by atoms with Crippen molar-refractivity contribution in [2.24, 2.45) is 0 Å². The van der Waals surface area contributed by atoms with Crippen LogP contribution < -0.4 is 10.6 Å². The number of ether oxygens (including phenoxy) is 1. The highest BCUT2D eigenvalue weighted by Gasteiger charge is 1.89. The Bertz CT molecular complexity index is 92.1. The van der Waals surface area contributed by atoms with E-state index in [2.05, 4.69) is 16.9 Å². The van der Waals surface area contributed by atoms with Gasteiger partial charge in [-0.25, -0.2) is 0 Å². The molecule has 0 saturated carbocycles. The molecule has 0 heterocycles. The van der Waals surface area contributed by atoms with Crippen LogP contribution in [0.25, 0.3) is 0 Å². The summed E-state index contributed by atoms with van der Waals surface area (Å²) in [4.78, 5) is 0. The molecule has 2 N–H and O–H groups in total. The van der Waals surface area contributed by atoms with Gasteiger partial charge in [-0.2, -0.15) is 11.8 Å². The normalized spacial score (nSPS) is 10.7. The largest absolute Gasteiger partial charge is 0.383 e. The summed E-state index contributed by atoms with van der Waals surface area (Å²) >= 11 is 1.91. The zero-order chi connectivity index (χ0) is 10.5. The van der Waals surface area contributed by atoms with E-state index in [9.17, 15) is 0 Å². The first-order chi connectivity index (χ1) is 6.91. The van der Waals surface area contributed by atoms with E-state index in [4.69, 9.17) is 4.74 Å². The Kier molecular flexibility index (Phi) is 13.4. The topological polar surface area (TPSA) is 33.3 Å². The first kappa shape index (κ1) is 14.2. The lowest BCUT2D eigenvalue weighted by Crippen LogP contribution is -2.25. The minimum absolute atomic E-state index is 0.807. The van der Waals surface area contributed by atoms with Crippen LogP contribution in [-0.4, -0.2) is 51.9 Å². The van der Waals surface area contributed by atoms with Crippen molar-refractivity contribution in [3.63, 3.8) is 0 Å². The van der Waals surface area contributed by atoms with Crippen LogP contribution in [0.5, 0.6) is 0 Å². The Morgan fingerprint density at radius 3 is 2.29 bits per heavy atom. The van der Waals surface area contributed by atoms with Crippen molar-refractivity contribution < 1.29 is 4.74 Å². The van der Waals surface area contributed by atoms with Gasteiger partial charge in [-0.3, -0.25) is 0 Å². The zero-order valence-corrected chi connectivity index (χ0v) is 10.3. The standard InChI is InChI=1S/C10H24N2OS/c1-13-9-8-12-6-3-5-11-7-4-10-14-2/h11-12H,3-10H2,1-2H3. The van der Waals surface area contributed by atoms with Crippen molar-refractivity contribution in [1.82, 2.24) is 10.6 Å². The van der Waals surface area contributed by atoms with Gasteiger partial charge < -0.3 is 15.4 Å². The van der Waals surface area contributed by atoms with Gasteiger partial charge in [0.05, 0.1) is 6.61 Å². The Labute approximate surface area is 92.4 Å². The molecule has 14 heavy (non-hydrogen) atoms. The van der Waals surface area contributed by atoms with E-state index in [1.54, 1.807) is 7.11 Å². The molecule has 0 aromatic carbocycles. The number of thioether (sulfide) groups is 1. The van der Waals surface area contributed by atoms with Gasteiger partial charge in [0.1, 0.15) is 0 Å². The second kappa shape index (κ2) is 13.2. The lowest BCUT2D eigenvalue weighted by molar-refractivity contribution is 0.199. The number of hydrogen-bond acceptors (Lipinski definition) is 4. The lowest BCUT2D eigenvalue weighted by atomic mass is 10.4. The Hall–Kier alpha value is 0.230. The molecule has 0 fully saturated rings. The summed E-state index contributed by atoms with van der Waals surface area (Å²) in [5, 5.41) is 6.75. The molecule has 0 aromatic rings. The van der Waals surface area contributed by atoms with Crippen LogP contribution >= 0.6 is 11.8 Å². The molecule has 0 radical (unpaired) electrons. The molecule has 4 heteroatoms. The number of rotatable bonds is 11. The van der Waals surface area contributed by atoms with Gasteiger partial charge in [-0.05, 0) is 44.5 Å². The van der Waals surface area contributed by atoms with E-state index in [0.29, 0.717) is 0 Å². The number of hydrogen-bond donors (Lipinski definition) is 2. The number of nitrogens with one attached hydrogen (secondary N) is 2. The summed E-state index contributed by atoms with van der Waals surface area (Å²) in [6.45, 7) is 5.12. The van der Waals surface area contributed by atoms with Crippen LogP contribution in [0.3, 0.4) is 0 Å². The summed E-state index contributed by atoms with van der Waals surface area (Å²) in [7, 11) is 1.73. The molecule has 0 bridgehead atoms. The van der Waals surface area contributed by atoms with E-state index in [1.165, 1.54) is 18.6 Å². The van der Waals surface area contributed by atoms with Gasteiger partial charge >= 0.3 is 0 Å². The quantitative estimate of drug-likeness (QED) is 0.508. The Balaban J connectivity index is 2.78. The van der Waals surface area contributed by atoms with Gasteiger partial charge in [-0.15, -0.1) is 0 Å². The SMILES string of the molecule is COCCNCCCNCCCSC. The molecular weight excluding hydrogens is 196 g/mol. The van der Waals surface area contributed by atoms with E-state index >= 15 is 0 Å². The van der Waals surface area contributed by atoms with Crippen molar-refractivity contribution in [2.75, 3.05) is 51.9 Å². The van der Waals surface area contributed by atoms with E-state index in [0.717, 1.165) is 32.8 Å². The molecule has 0 saturated heterocycles. The highest BCUT2D eigenvalue weighted by molar-refractivity contribution is 7.98. The maximum Gasteiger partial charge on any atom is 0.0587 e. The fourth-order valence-corrected chi connectivity index (χ4v) is 1.54. The maximum absolute atomic E-state index is 4.93.